The molecule has 0 aromatic carbocycles. The summed E-state index contributed by atoms with van der Waals surface area (Å²) in [6.45, 7) is 10.5. The SMILES string of the molecule is CCCN(CCC)Cc1cnc(NCC)cn1. The van der Waals surface area contributed by atoms with Gasteiger partial charge in [0.05, 0.1) is 18.1 Å². The molecule has 0 aliphatic carbocycles. The molecule has 1 rings (SSSR count). The topological polar surface area (TPSA) is 41.1 Å². The first-order valence-corrected chi connectivity index (χ1v) is 6.57. The molecule has 0 aliphatic rings. The van der Waals surface area contributed by atoms with Gasteiger partial charge in [0.1, 0.15) is 5.82 Å². The molecule has 1 aromatic heterocycles. The van der Waals surface area contributed by atoms with Crippen molar-refractivity contribution in [2.24, 2.45) is 0 Å². The van der Waals surface area contributed by atoms with E-state index in [9.17, 15) is 0 Å². The van der Waals surface area contributed by atoms with Crippen molar-refractivity contribution in [2.75, 3.05) is 25.0 Å². The summed E-state index contributed by atoms with van der Waals surface area (Å²) in [5, 5.41) is 3.15. The second kappa shape index (κ2) is 8.01. The molecule has 0 radical (unpaired) electrons. The Hall–Kier alpha value is -1.16. The number of nitrogens with one attached hydrogen (secondary N) is 1. The molecule has 0 fully saturated rings. The maximum Gasteiger partial charge on any atom is 0.144 e. The zero-order valence-corrected chi connectivity index (χ0v) is 11.2. The van der Waals surface area contributed by atoms with Gasteiger partial charge in [-0.2, -0.15) is 0 Å². The molecule has 0 aliphatic heterocycles. The highest BCUT2D eigenvalue weighted by Gasteiger charge is 2.05. The molecule has 0 amide bonds. The van der Waals surface area contributed by atoms with Gasteiger partial charge in [-0.1, -0.05) is 13.8 Å². The monoisotopic (exact) mass is 236 g/mol. The first-order valence-electron chi connectivity index (χ1n) is 6.57. The number of rotatable bonds is 8. The molecule has 4 nitrogen and oxygen atoms in total. The van der Waals surface area contributed by atoms with Gasteiger partial charge in [-0.05, 0) is 32.9 Å². The van der Waals surface area contributed by atoms with Gasteiger partial charge in [-0.3, -0.25) is 9.88 Å². The largest absolute Gasteiger partial charge is 0.369 e. The maximum atomic E-state index is 4.43. The van der Waals surface area contributed by atoms with Crippen molar-refractivity contribution in [1.29, 1.82) is 0 Å². The maximum absolute atomic E-state index is 4.43. The van der Waals surface area contributed by atoms with Crippen LogP contribution in [0.3, 0.4) is 0 Å². The molecule has 1 aromatic rings. The highest BCUT2D eigenvalue weighted by Crippen LogP contribution is 2.05. The lowest BCUT2D eigenvalue weighted by Crippen LogP contribution is -2.25. The van der Waals surface area contributed by atoms with E-state index in [4.69, 9.17) is 0 Å². The summed E-state index contributed by atoms with van der Waals surface area (Å²) in [5.74, 6) is 0.855. The molecule has 0 atom stereocenters. The van der Waals surface area contributed by atoms with E-state index in [0.29, 0.717) is 0 Å². The Balaban J connectivity index is 2.53. The molecule has 0 saturated heterocycles. The molecule has 4 heteroatoms. The summed E-state index contributed by atoms with van der Waals surface area (Å²) < 4.78 is 0. The van der Waals surface area contributed by atoms with Crippen LogP contribution in [0.15, 0.2) is 12.4 Å². The van der Waals surface area contributed by atoms with Crippen molar-refractivity contribution in [3.05, 3.63) is 18.1 Å². The Morgan fingerprint density at radius 1 is 1.06 bits per heavy atom. The smallest absolute Gasteiger partial charge is 0.144 e. The molecule has 1 N–H and O–H groups in total. The van der Waals surface area contributed by atoms with Crippen LogP contribution in [0.5, 0.6) is 0 Å². The summed E-state index contributed by atoms with van der Waals surface area (Å²) in [6, 6.07) is 0. The van der Waals surface area contributed by atoms with E-state index in [1.54, 1.807) is 0 Å². The second-order valence-corrected chi connectivity index (χ2v) is 4.20. The Bertz CT molecular complexity index is 291. The fourth-order valence-electron chi connectivity index (χ4n) is 1.84. The van der Waals surface area contributed by atoms with Crippen molar-refractivity contribution in [1.82, 2.24) is 14.9 Å². The molecule has 0 saturated carbocycles. The molecule has 1 heterocycles. The third-order valence-corrected chi connectivity index (χ3v) is 2.53. The quantitative estimate of drug-likeness (QED) is 0.753. The standard InChI is InChI=1S/C13H24N4/c1-4-7-17(8-5-2)11-12-9-16-13(10-15-12)14-6-3/h9-10H,4-8,11H2,1-3H3,(H,14,16). The van der Waals surface area contributed by atoms with Gasteiger partial charge in [-0.15, -0.1) is 0 Å². The van der Waals surface area contributed by atoms with Gasteiger partial charge in [0, 0.05) is 13.1 Å². The normalized spacial score (nSPS) is 10.8. The van der Waals surface area contributed by atoms with Gasteiger partial charge in [-0.25, -0.2) is 4.98 Å². The van der Waals surface area contributed by atoms with Gasteiger partial charge >= 0.3 is 0 Å². The van der Waals surface area contributed by atoms with Crippen molar-refractivity contribution in [2.45, 2.75) is 40.2 Å². The fraction of sp³-hybridized carbons (Fsp3) is 0.692. The minimum absolute atomic E-state index is 0.855. The number of hydrogen-bond donors (Lipinski definition) is 1. The Kier molecular flexibility index (Phi) is 6.55. The van der Waals surface area contributed by atoms with Gasteiger partial charge < -0.3 is 5.32 Å². The average Bonchev–Trinajstić information content (AvgIpc) is 2.33. The summed E-state index contributed by atoms with van der Waals surface area (Å²) in [6.07, 6.45) is 6.05. The lowest BCUT2D eigenvalue weighted by atomic mass is 10.3. The lowest BCUT2D eigenvalue weighted by Gasteiger charge is -2.20. The average molecular weight is 236 g/mol. The van der Waals surface area contributed by atoms with Gasteiger partial charge in [0.25, 0.3) is 0 Å². The van der Waals surface area contributed by atoms with E-state index in [-0.39, 0.29) is 0 Å². The molecule has 17 heavy (non-hydrogen) atoms. The molecule has 0 spiro atoms. The van der Waals surface area contributed by atoms with Crippen molar-refractivity contribution < 1.29 is 0 Å². The van der Waals surface area contributed by atoms with Crippen LogP contribution in [0.25, 0.3) is 0 Å². The number of nitrogens with zero attached hydrogens (tertiary/aromatic N) is 3. The third-order valence-electron chi connectivity index (χ3n) is 2.53. The predicted molar refractivity (Wildman–Crippen MR) is 72.1 cm³/mol. The minimum atomic E-state index is 0.855. The van der Waals surface area contributed by atoms with Crippen LogP contribution in [0, 0.1) is 0 Å². The van der Waals surface area contributed by atoms with E-state index < -0.39 is 0 Å². The van der Waals surface area contributed by atoms with Crippen LogP contribution in [-0.4, -0.2) is 34.5 Å². The first kappa shape index (κ1) is 13.9. The van der Waals surface area contributed by atoms with Crippen LogP contribution in [-0.2, 0) is 6.54 Å². The summed E-state index contributed by atoms with van der Waals surface area (Å²) in [7, 11) is 0. The summed E-state index contributed by atoms with van der Waals surface area (Å²) in [4.78, 5) is 11.2. The van der Waals surface area contributed by atoms with Crippen LogP contribution >= 0.6 is 0 Å². The zero-order valence-electron chi connectivity index (χ0n) is 11.2. The lowest BCUT2D eigenvalue weighted by molar-refractivity contribution is 0.263. The van der Waals surface area contributed by atoms with E-state index in [2.05, 4.69) is 41.0 Å². The van der Waals surface area contributed by atoms with Crippen molar-refractivity contribution in [3.8, 4) is 0 Å². The number of anilines is 1. The molecule has 0 unspecified atom stereocenters. The van der Waals surface area contributed by atoms with Crippen molar-refractivity contribution in [3.63, 3.8) is 0 Å². The molecular weight excluding hydrogens is 212 g/mol. The fourth-order valence-corrected chi connectivity index (χ4v) is 1.84. The summed E-state index contributed by atoms with van der Waals surface area (Å²) >= 11 is 0. The predicted octanol–water partition coefficient (Wildman–Crippen LogP) is 2.53. The van der Waals surface area contributed by atoms with Crippen molar-refractivity contribution >= 4 is 5.82 Å². The zero-order chi connectivity index (χ0) is 12.5. The molecule has 0 bridgehead atoms. The highest BCUT2D eigenvalue weighted by atomic mass is 15.1. The molecule has 96 valence electrons. The third kappa shape index (κ3) is 5.13. The van der Waals surface area contributed by atoms with E-state index in [1.807, 2.05) is 12.4 Å². The first-order chi connectivity index (χ1) is 8.30. The Labute approximate surface area is 104 Å². The van der Waals surface area contributed by atoms with E-state index in [1.165, 1.54) is 12.8 Å². The van der Waals surface area contributed by atoms with Crippen LogP contribution in [0.1, 0.15) is 39.3 Å². The van der Waals surface area contributed by atoms with E-state index in [0.717, 1.165) is 37.7 Å². The number of aromatic nitrogens is 2. The van der Waals surface area contributed by atoms with Crippen LogP contribution in [0.4, 0.5) is 5.82 Å². The van der Waals surface area contributed by atoms with Crippen LogP contribution < -0.4 is 5.32 Å². The number of hydrogen-bond acceptors (Lipinski definition) is 4. The molecular formula is C13H24N4. The second-order valence-electron chi connectivity index (χ2n) is 4.20. The minimum Gasteiger partial charge on any atom is -0.369 e. The Morgan fingerprint density at radius 2 is 1.76 bits per heavy atom. The van der Waals surface area contributed by atoms with Gasteiger partial charge in [0.2, 0.25) is 0 Å². The highest BCUT2D eigenvalue weighted by molar-refractivity contribution is 5.30. The summed E-state index contributed by atoms with van der Waals surface area (Å²) in [5.41, 5.74) is 1.05. The Morgan fingerprint density at radius 3 is 2.24 bits per heavy atom. The van der Waals surface area contributed by atoms with E-state index >= 15 is 0 Å². The van der Waals surface area contributed by atoms with Crippen LogP contribution in [0.2, 0.25) is 0 Å². The van der Waals surface area contributed by atoms with Gasteiger partial charge in [0.15, 0.2) is 0 Å².